The second kappa shape index (κ2) is 5.89. The molecule has 0 saturated heterocycles. The summed E-state index contributed by atoms with van der Waals surface area (Å²) in [6.07, 6.45) is 6.32. The highest BCUT2D eigenvalue weighted by Gasteiger charge is 2.29. The molecule has 1 aliphatic carbocycles. The van der Waals surface area contributed by atoms with E-state index in [1.807, 2.05) is 36.8 Å². The molecular weight excluding hydrogens is 268 g/mol. The predicted octanol–water partition coefficient (Wildman–Crippen LogP) is 2.77. The maximum atomic E-state index is 4.87. The molecule has 4 nitrogen and oxygen atoms in total. The Bertz CT molecular complexity index is 563. The first-order chi connectivity index (χ1) is 9.78. The summed E-state index contributed by atoms with van der Waals surface area (Å²) in [6.45, 7) is 1.77. The van der Waals surface area contributed by atoms with Crippen molar-refractivity contribution >= 4 is 16.5 Å². The molecule has 5 heteroatoms. The van der Waals surface area contributed by atoms with Crippen molar-refractivity contribution < 1.29 is 0 Å². The molecule has 3 rings (SSSR count). The monoisotopic (exact) mass is 288 g/mol. The predicted molar refractivity (Wildman–Crippen MR) is 83.2 cm³/mol. The minimum Gasteiger partial charge on any atom is -0.347 e. The Kier molecular flexibility index (Phi) is 3.98. The third-order valence-electron chi connectivity index (χ3n) is 3.49. The summed E-state index contributed by atoms with van der Waals surface area (Å²) in [5.41, 5.74) is 2.53. The Hall–Kier alpha value is -1.46. The van der Waals surface area contributed by atoms with Gasteiger partial charge in [-0.1, -0.05) is 6.07 Å². The normalized spacial score (nSPS) is 14.5. The largest absolute Gasteiger partial charge is 0.347 e. The van der Waals surface area contributed by atoms with Crippen LogP contribution in [0.5, 0.6) is 0 Å². The molecule has 0 spiro atoms. The molecule has 106 valence electrons. The molecule has 0 aromatic carbocycles. The van der Waals surface area contributed by atoms with Crippen LogP contribution in [0.1, 0.15) is 34.9 Å². The smallest absolute Gasteiger partial charge is 0.185 e. The van der Waals surface area contributed by atoms with Crippen molar-refractivity contribution in [3.05, 3.63) is 40.7 Å². The van der Waals surface area contributed by atoms with Crippen LogP contribution in [0.4, 0.5) is 5.13 Å². The Balaban J connectivity index is 1.77. The zero-order valence-electron chi connectivity index (χ0n) is 12.0. The van der Waals surface area contributed by atoms with Crippen LogP contribution in [-0.4, -0.2) is 24.1 Å². The average molecular weight is 288 g/mol. The summed E-state index contributed by atoms with van der Waals surface area (Å²) >= 11 is 1.81. The molecule has 1 N–H and O–H groups in total. The Morgan fingerprint density at radius 2 is 2.30 bits per heavy atom. The number of anilines is 1. The summed E-state index contributed by atoms with van der Waals surface area (Å²) in [6, 6.07) is 4.08. The maximum Gasteiger partial charge on any atom is 0.185 e. The topological polar surface area (TPSA) is 41.0 Å². The fourth-order valence-corrected chi connectivity index (χ4v) is 3.43. The molecule has 1 aliphatic rings. The fourth-order valence-electron chi connectivity index (χ4n) is 2.31. The van der Waals surface area contributed by atoms with Crippen LogP contribution in [0.15, 0.2) is 24.5 Å². The van der Waals surface area contributed by atoms with Crippen molar-refractivity contribution in [2.75, 3.05) is 19.0 Å². The van der Waals surface area contributed by atoms with E-state index in [0.717, 1.165) is 18.2 Å². The molecule has 2 aromatic rings. The molecule has 0 bridgehead atoms. The van der Waals surface area contributed by atoms with Crippen molar-refractivity contribution in [2.45, 2.75) is 31.8 Å². The minimum absolute atomic E-state index is 0.704. The highest BCUT2D eigenvalue weighted by atomic mass is 32.1. The number of hydrogen-bond acceptors (Lipinski definition) is 5. The highest BCUT2D eigenvalue weighted by Crippen LogP contribution is 2.44. The van der Waals surface area contributed by atoms with Crippen molar-refractivity contribution in [3.63, 3.8) is 0 Å². The summed E-state index contributed by atoms with van der Waals surface area (Å²) < 4.78 is 0. The van der Waals surface area contributed by atoms with Gasteiger partial charge in [0.25, 0.3) is 0 Å². The van der Waals surface area contributed by atoms with E-state index < -0.39 is 0 Å². The van der Waals surface area contributed by atoms with E-state index in [9.17, 15) is 0 Å². The molecule has 2 heterocycles. The fraction of sp³-hybridized carbons (Fsp3) is 0.467. The van der Waals surface area contributed by atoms with Gasteiger partial charge in [0.15, 0.2) is 5.13 Å². The molecule has 1 fully saturated rings. The lowest BCUT2D eigenvalue weighted by Gasteiger charge is -2.15. The molecule has 2 aromatic heterocycles. The van der Waals surface area contributed by atoms with Crippen LogP contribution in [0.3, 0.4) is 0 Å². The van der Waals surface area contributed by atoms with E-state index in [2.05, 4.69) is 28.3 Å². The first kappa shape index (κ1) is 13.5. The van der Waals surface area contributed by atoms with Crippen LogP contribution in [0.2, 0.25) is 0 Å². The number of hydrogen-bond donors (Lipinski definition) is 1. The quantitative estimate of drug-likeness (QED) is 0.887. The van der Waals surface area contributed by atoms with E-state index >= 15 is 0 Å². The SMILES string of the molecule is CNCc1sc(N(C)Cc2cccnc2)nc1C1CC1. The third kappa shape index (κ3) is 2.99. The van der Waals surface area contributed by atoms with Crippen molar-refractivity contribution in [1.82, 2.24) is 15.3 Å². The van der Waals surface area contributed by atoms with Gasteiger partial charge >= 0.3 is 0 Å². The summed E-state index contributed by atoms with van der Waals surface area (Å²) in [5.74, 6) is 0.704. The van der Waals surface area contributed by atoms with Crippen LogP contribution >= 0.6 is 11.3 Å². The van der Waals surface area contributed by atoms with Gasteiger partial charge in [-0.25, -0.2) is 4.98 Å². The Morgan fingerprint density at radius 3 is 2.95 bits per heavy atom. The van der Waals surface area contributed by atoms with E-state index in [4.69, 9.17) is 4.98 Å². The van der Waals surface area contributed by atoms with Gasteiger partial charge < -0.3 is 10.2 Å². The zero-order valence-corrected chi connectivity index (χ0v) is 12.8. The molecule has 1 saturated carbocycles. The lowest BCUT2D eigenvalue weighted by Crippen LogP contribution is -2.16. The Labute approximate surface area is 123 Å². The molecule has 0 aliphatic heterocycles. The van der Waals surface area contributed by atoms with Gasteiger partial charge in [0.2, 0.25) is 0 Å². The van der Waals surface area contributed by atoms with Crippen molar-refractivity contribution in [2.24, 2.45) is 0 Å². The third-order valence-corrected chi connectivity index (χ3v) is 4.67. The van der Waals surface area contributed by atoms with Crippen LogP contribution in [0, 0.1) is 0 Å². The molecule has 0 unspecified atom stereocenters. The van der Waals surface area contributed by atoms with Crippen LogP contribution < -0.4 is 10.2 Å². The number of nitrogens with one attached hydrogen (secondary N) is 1. The lowest BCUT2D eigenvalue weighted by atomic mass is 10.2. The van der Waals surface area contributed by atoms with Gasteiger partial charge in [-0.05, 0) is 31.5 Å². The number of thiazole rings is 1. The number of aromatic nitrogens is 2. The van der Waals surface area contributed by atoms with E-state index in [-0.39, 0.29) is 0 Å². The molecule has 0 amide bonds. The van der Waals surface area contributed by atoms with Gasteiger partial charge in [-0.15, -0.1) is 11.3 Å². The van der Waals surface area contributed by atoms with E-state index in [1.165, 1.54) is 29.0 Å². The number of pyridine rings is 1. The number of nitrogens with zero attached hydrogens (tertiary/aromatic N) is 3. The first-order valence-corrected chi connectivity index (χ1v) is 7.84. The van der Waals surface area contributed by atoms with Gasteiger partial charge in [0.05, 0.1) is 5.69 Å². The summed E-state index contributed by atoms with van der Waals surface area (Å²) in [5, 5.41) is 4.36. The van der Waals surface area contributed by atoms with Crippen molar-refractivity contribution in [3.8, 4) is 0 Å². The summed E-state index contributed by atoms with van der Waals surface area (Å²) in [4.78, 5) is 12.6. The van der Waals surface area contributed by atoms with Crippen LogP contribution in [-0.2, 0) is 13.1 Å². The molecular formula is C15H20N4S. The van der Waals surface area contributed by atoms with Gasteiger partial charge in [0.1, 0.15) is 0 Å². The number of rotatable bonds is 6. The zero-order chi connectivity index (χ0) is 13.9. The standard InChI is InChI=1S/C15H20N4S/c1-16-9-13-14(12-5-6-12)18-15(20-13)19(2)10-11-4-3-7-17-8-11/h3-4,7-8,12,16H,5-6,9-10H2,1-2H3. The Morgan fingerprint density at radius 1 is 1.45 bits per heavy atom. The van der Waals surface area contributed by atoms with Crippen LogP contribution in [0.25, 0.3) is 0 Å². The highest BCUT2D eigenvalue weighted by molar-refractivity contribution is 7.15. The van der Waals surface area contributed by atoms with Gasteiger partial charge in [0, 0.05) is 43.3 Å². The molecule has 0 radical (unpaired) electrons. The minimum atomic E-state index is 0.704. The van der Waals surface area contributed by atoms with E-state index in [1.54, 1.807) is 0 Å². The second-order valence-corrected chi connectivity index (χ2v) is 6.39. The summed E-state index contributed by atoms with van der Waals surface area (Å²) in [7, 11) is 4.10. The van der Waals surface area contributed by atoms with Crippen molar-refractivity contribution in [1.29, 1.82) is 0 Å². The molecule has 20 heavy (non-hydrogen) atoms. The lowest BCUT2D eigenvalue weighted by molar-refractivity contribution is 0.811. The van der Waals surface area contributed by atoms with E-state index in [0.29, 0.717) is 5.92 Å². The average Bonchev–Trinajstić information content (AvgIpc) is 3.21. The molecule has 0 atom stereocenters. The second-order valence-electron chi connectivity index (χ2n) is 5.33. The maximum absolute atomic E-state index is 4.87. The van der Waals surface area contributed by atoms with Gasteiger partial charge in [-0.3, -0.25) is 4.98 Å². The first-order valence-electron chi connectivity index (χ1n) is 7.02. The van der Waals surface area contributed by atoms with Gasteiger partial charge in [-0.2, -0.15) is 0 Å².